The summed E-state index contributed by atoms with van der Waals surface area (Å²) in [4.78, 5) is 31.1. The molecule has 43 heavy (non-hydrogen) atoms. The smallest absolute Gasteiger partial charge is 0.320 e. The molecule has 0 aromatic heterocycles. The molecular weight excluding hydrogens is 550 g/mol. The van der Waals surface area contributed by atoms with Crippen molar-refractivity contribution in [3.8, 4) is 11.5 Å². The van der Waals surface area contributed by atoms with E-state index in [1.54, 1.807) is 7.11 Å². The Hall–Kier alpha value is -3.59. The summed E-state index contributed by atoms with van der Waals surface area (Å²) in [5.41, 5.74) is 2.73. The lowest BCUT2D eigenvalue weighted by Gasteiger charge is -2.36. The number of carbonyl (C=O) groups is 2. The van der Waals surface area contributed by atoms with Gasteiger partial charge in [-0.3, -0.25) is 9.59 Å². The first-order chi connectivity index (χ1) is 21.0. The molecule has 0 saturated heterocycles. The van der Waals surface area contributed by atoms with Crippen molar-refractivity contribution < 1.29 is 38.1 Å². The number of hydrogen-bond acceptors (Lipinski definition) is 9. The standard InChI is InChI=1S/C34H43NO8/c1-38-30-18-17-23(19-31(30)41-24-13-7-8-14-24)26-21-32(43-35-28(26)20-27(33(36)39-2)34(37)40-3)42-29-16-10-9-15-25(29)22-11-5-4-6-12-22/h4-6,11-12,17-19,24-27,29,32H,7-10,13-16,20-21H2,1-3H3/t25-,26+,29+,32+/m1/s1. The third kappa shape index (κ3) is 7.50. The van der Waals surface area contributed by atoms with Crippen LogP contribution in [0.25, 0.3) is 0 Å². The number of carbonyl (C=O) groups excluding carboxylic acids is 2. The van der Waals surface area contributed by atoms with Crippen molar-refractivity contribution >= 4 is 17.7 Å². The molecule has 0 bridgehead atoms. The molecule has 232 valence electrons. The first-order valence-electron chi connectivity index (χ1n) is 15.4. The highest BCUT2D eigenvalue weighted by atomic mass is 16.8. The van der Waals surface area contributed by atoms with Gasteiger partial charge in [0.05, 0.1) is 39.2 Å². The molecule has 3 aliphatic rings. The van der Waals surface area contributed by atoms with Crippen molar-refractivity contribution in [1.82, 2.24) is 0 Å². The van der Waals surface area contributed by atoms with Gasteiger partial charge in [-0.2, -0.15) is 0 Å². The molecule has 5 rings (SSSR count). The van der Waals surface area contributed by atoms with E-state index in [0.717, 1.165) is 56.9 Å². The van der Waals surface area contributed by atoms with E-state index < -0.39 is 24.1 Å². The first-order valence-corrected chi connectivity index (χ1v) is 15.4. The summed E-state index contributed by atoms with van der Waals surface area (Å²) in [6, 6.07) is 16.3. The fourth-order valence-corrected chi connectivity index (χ4v) is 6.63. The maximum Gasteiger partial charge on any atom is 0.320 e. The van der Waals surface area contributed by atoms with Crippen molar-refractivity contribution in [1.29, 1.82) is 0 Å². The minimum absolute atomic E-state index is 0.00233. The second kappa shape index (κ2) is 14.7. The van der Waals surface area contributed by atoms with Crippen LogP contribution in [0.3, 0.4) is 0 Å². The van der Waals surface area contributed by atoms with Crippen LogP contribution in [-0.4, -0.2) is 57.5 Å². The Labute approximate surface area is 253 Å². The molecule has 4 atom stereocenters. The zero-order valence-corrected chi connectivity index (χ0v) is 25.4. The monoisotopic (exact) mass is 593 g/mol. The summed E-state index contributed by atoms with van der Waals surface area (Å²) in [5.74, 6) is -1.22. The molecule has 2 aromatic rings. The number of oxime groups is 1. The minimum Gasteiger partial charge on any atom is -0.493 e. The lowest BCUT2D eigenvalue weighted by Crippen LogP contribution is -2.37. The highest BCUT2D eigenvalue weighted by molar-refractivity contribution is 6.02. The van der Waals surface area contributed by atoms with Crippen molar-refractivity contribution in [2.75, 3.05) is 21.3 Å². The van der Waals surface area contributed by atoms with E-state index in [1.807, 2.05) is 24.3 Å². The molecule has 0 unspecified atom stereocenters. The van der Waals surface area contributed by atoms with Gasteiger partial charge in [0.1, 0.15) is 0 Å². The molecule has 0 amide bonds. The van der Waals surface area contributed by atoms with E-state index in [2.05, 4.69) is 29.4 Å². The van der Waals surface area contributed by atoms with E-state index >= 15 is 0 Å². The Morgan fingerprint density at radius 1 is 0.860 bits per heavy atom. The van der Waals surface area contributed by atoms with Gasteiger partial charge in [0.25, 0.3) is 0 Å². The zero-order valence-electron chi connectivity index (χ0n) is 25.4. The highest BCUT2D eigenvalue weighted by Gasteiger charge is 2.39. The van der Waals surface area contributed by atoms with Gasteiger partial charge < -0.3 is 28.5 Å². The molecule has 9 heteroatoms. The first kappa shape index (κ1) is 30.9. The van der Waals surface area contributed by atoms with Crippen molar-refractivity contribution in [3.05, 3.63) is 59.7 Å². The van der Waals surface area contributed by atoms with Crippen LogP contribution < -0.4 is 9.47 Å². The molecule has 2 saturated carbocycles. The van der Waals surface area contributed by atoms with Crippen molar-refractivity contribution in [2.45, 2.75) is 94.5 Å². The Morgan fingerprint density at radius 2 is 1.56 bits per heavy atom. The summed E-state index contributed by atoms with van der Waals surface area (Å²) in [7, 11) is 4.14. The van der Waals surface area contributed by atoms with Crippen LogP contribution in [0.1, 0.15) is 87.2 Å². The number of hydrogen-bond donors (Lipinski definition) is 0. The third-order valence-corrected chi connectivity index (χ3v) is 8.95. The van der Waals surface area contributed by atoms with E-state index in [1.165, 1.54) is 19.8 Å². The molecule has 0 spiro atoms. The van der Waals surface area contributed by atoms with Gasteiger partial charge in [0.15, 0.2) is 17.4 Å². The second-order valence-electron chi connectivity index (χ2n) is 11.6. The number of ether oxygens (including phenoxy) is 5. The van der Waals surface area contributed by atoms with Crippen molar-refractivity contribution in [2.24, 2.45) is 11.1 Å². The number of nitrogens with zero attached hydrogens (tertiary/aromatic N) is 1. The summed E-state index contributed by atoms with van der Waals surface area (Å²) in [5, 5.41) is 4.48. The van der Waals surface area contributed by atoms with Crippen LogP contribution >= 0.6 is 0 Å². The predicted octanol–water partition coefficient (Wildman–Crippen LogP) is 6.30. The van der Waals surface area contributed by atoms with Gasteiger partial charge in [0, 0.05) is 24.7 Å². The van der Waals surface area contributed by atoms with E-state index in [-0.39, 0.29) is 30.5 Å². The average Bonchev–Trinajstić information content (AvgIpc) is 3.57. The van der Waals surface area contributed by atoms with Crippen LogP contribution in [0.15, 0.2) is 53.7 Å². The van der Waals surface area contributed by atoms with Gasteiger partial charge in [-0.05, 0) is 61.8 Å². The van der Waals surface area contributed by atoms with Gasteiger partial charge in [-0.25, -0.2) is 0 Å². The molecule has 2 aliphatic carbocycles. The maximum absolute atomic E-state index is 12.6. The molecule has 1 aliphatic heterocycles. The minimum atomic E-state index is -1.16. The lowest BCUT2D eigenvalue weighted by molar-refractivity contribution is -0.190. The van der Waals surface area contributed by atoms with Crippen LogP contribution in [-0.2, 0) is 28.6 Å². The Morgan fingerprint density at radius 3 is 2.26 bits per heavy atom. The lowest BCUT2D eigenvalue weighted by atomic mass is 9.81. The molecule has 2 aromatic carbocycles. The number of rotatable bonds is 11. The SMILES string of the molecule is COC(=O)C(CC1=NO[C@H](O[C@H]2CCCC[C@@H]2c2ccccc2)C[C@H]1c1ccc(OC)c(OC2CCCC2)c1)C(=O)OC. The van der Waals surface area contributed by atoms with Crippen LogP contribution in [0.5, 0.6) is 11.5 Å². The van der Waals surface area contributed by atoms with E-state index in [9.17, 15) is 9.59 Å². The zero-order chi connectivity index (χ0) is 30.2. The van der Waals surface area contributed by atoms with Crippen LogP contribution in [0.4, 0.5) is 0 Å². The fourth-order valence-electron chi connectivity index (χ4n) is 6.63. The second-order valence-corrected chi connectivity index (χ2v) is 11.6. The normalized spacial score (nSPS) is 24.1. The van der Waals surface area contributed by atoms with Gasteiger partial charge >= 0.3 is 11.9 Å². The van der Waals surface area contributed by atoms with Crippen LogP contribution in [0.2, 0.25) is 0 Å². The third-order valence-electron chi connectivity index (χ3n) is 8.95. The average molecular weight is 594 g/mol. The molecule has 9 nitrogen and oxygen atoms in total. The number of benzene rings is 2. The van der Waals surface area contributed by atoms with Crippen molar-refractivity contribution in [3.63, 3.8) is 0 Å². The number of methoxy groups -OCH3 is 3. The maximum atomic E-state index is 12.6. The quantitative estimate of drug-likeness (QED) is 0.221. The summed E-state index contributed by atoms with van der Waals surface area (Å²) in [6.07, 6.45) is 8.57. The Balaban J connectivity index is 1.43. The molecule has 0 radical (unpaired) electrons. The van der Waals surface area contributed by atoms with E-state index in [0.29, 0.717) is 23.6 Å². The van der Waals surface area contributed by atoms with Gasteiger partial charge in [-0.1, -0.05) is 54.4 Å². The molecular formula is C34H43NO8. The Kier molecular flexibility index (Phi) is 10.6. The molecule has 0 N–H and O–H groups in total. The summed E-state index contributed by atoms with van der Waals surface area (Å²) >= 11 is 0. The largest absolute Gasteiger partial charge is 0.493 e. The fraction of sp³-hybridized carbons (Fsp3) is 0.559. The van der Waals surface area contributed by atoms with Gasteiger partial charge in [0.2, 0.25) is 6.29 Å². The predicted molar refractivity (Wildman–Crippen MR) is 160 cm³/mol. The summed E-state index contributed by atoms with van der Waals surface area (Å²) in [6.45, 7) is 0. The highest BCUT2D eigenvalue weighted by Crippen LogP contribution is 2.41. The molecule has 2 fully saturated rings. The van der Waals surface area contributed by atoms with Crippen LogP contribution in [0, 0.1) is 5.92 Å². The topological polar surface area (TPSA) is 102 Å². The molecule has 1 heterocycles. The van der Waals surface area contributed by atoms with Gasteiger partial charge in [-0.15, -0.1) is 0 Å². The number of esters is 2. The summed E-state index contributed by atoms with van der Waals surface area (Å²) < 4.78 is 28.5. The Bertz CT molecular complexity index is 1240. The van der Waals surface area contributed by atoms with E-state index in [4.69, 9.17) is 28.5 Å².